The van der Waals surface area contributed by atoms with E-state index < -0.39 is 10.0 Å². The van der Waals surface area contributed by atoms with E-state index in [0.29, 0.717) is 25.2 Å². The summed E-state index contributed by atoms with van der Waals surface area (Å²) >= 11 is 1.57. The fourth-order valence-corrected chi connectivity index (χ4v) is 4.22. The largest absolute Gasteiger partial charge is 0.331 e. The predicted molar refractivity (Wildman–Crippen MR) is 95.1 cm³/mol. The molecule has 0 aliphatic carbocycles. The van der Waals surface area contributed by atoms with Crippen LogP contribution < -0.4 is 0 Å². The Bertz CT molecular complexity index is 836. The van der Waals surface area contributed by atoms with Crippen LogP contribution in [-0.4, -0.2) is 48.8 Å². The third-order valence-electron chi connectivity index (χ3n) is 3.65. The smallest absolute Gasteiger partial charge is 0.258 e. The Morgan fingerprint density at radius 2 is 2.33 bits per heavy atom. The van der Waals surface area contributed by atoms with Gasteiger partial charge in [-0.3, -0.25) is 4.79 Å². The summed E-state index contributed by atoms with van der Waals surface area (Å²) in [6, 6.07) is 3.89. The molecule has 3 rings (SSSR count). The normalized spacial score (nSPS) is 18.4. The van der Waals surface area contributed by atoms with Crippen LogP contribution in [0.2, 0.25) is 0 Å². The highest BCUT2D eigenvalue weighted by atomic mass is 32.2. The molecule has 0 saturated heterocycles. The van der Waals surface area contributed by atoms with E-state index in [2.05, 4.69) is 11.0 Å². The highest BCUT2D eigenvalue weighted by molar-refractivity contribution is 7.90. The first kappa shape index (κ1) is 16.7. The van der Waals surface area contributed by atoms with E-state index >= 15 is 0 Å². The van der Waals surface area contributed by atoms with Gasteiger partial charge in [-0.1, -0.05) is 12.1 Å². The van der Waals surface area contributed by atoms with Crippen molar-refractivity contribution in [3.63, 3.8) is 0 Å². The molecule has 0 aromatic carbocycles. The van der Waals surface area contributed by atoms with Crippen LogP contribution in [0.15, 0.2) is 58.5 Å². The van der Waals surface area contributed by atoms with Crippen molar-refractivity contribution in [3.8, 4) is 0 Å². The number of nitrogens with zero attached hydrogens (tertiary/aromatic N) is 3. The molecule has 0 atom stereocenters. The third kappa shape index (κ3) is 3.49. The molecule has 0 N–H and O–H groups in total. The fourth-order valence-electron chi connectivity index (χ4n) is 2.52. The van der Waals surface area contributed by atoms with E-state index in [9.17, 15) is 13.2 Å². The van der Waals surface area contributed by atoms with Gasteiger partial charge in [-0.15, -0.1) is 22.3 Å². The molecule has 0 radical (unpaired) electrons. The molecule has 1 aromatic heterocycles. The molecule has 0 unspecified atom stereocenters. The van der Waals surface area contributed by atoms with Crippen LogP contribution in [0.25, 0.3) is 0 Å². The minimum atomic E-state index is -3.52. The summed E-state index contributed by atoms with van der Waals surface area (Å²) in [5.74, 6) is -0.101. The van der Waals surface area contributed by atoms with Crippen LogP contribution in [0.1, 0.15) is 4.88 Å². The van der Waals surface area contributed by atoms with Gasteiger partial charge in [-0.05, 0) is 23.6 Å². The number of rotatable bonds is 5. The second-order valence-electron chi connectivity index (χ2n) is 5.37. The lowest BCUT2D eigenvalue weighted by molar-refractivity contribution is -0.126. The number of sulfonamides is 1. The van der Waals surface area contributed by atoms with Gasteiger partial charge in [0.1, 0.15) is 0 Å². The summed E-state index contributed by atoms with van der Waals surface area (Å²) in [6.07, 6.45) is 6.74. The molecular weight excluding hydrogens is 346 g/mol. The summed E-state index contributed by atoms with van der Waals surface area (Å²) in [5.41, 5.74) is 0.291. The van der Waals surface area contributed by atoms with E-state index in [0.717, 1.165) is 4.88 Å². The van der Waals surface area contributed by atoms with E-state index in [1.165, 1.54) is 0 Å². The number of hydrogen-bond acceptors (Lipinski definition) is 5. The maximum absolute atomic E-state index is 13.0. The quantitative estimate of drug-likeness (QED) is 0.748. The van der Waals surface area contributed by atoms with Crippen LogP contribution >= 0.6 is 11.3 Å². The minimum Gasteiger partial charge on any atom is -0.331 e. The van der Waals surface area contributed by atoms with Crippen LogP contribution in [0, 0.1) is 0 Å². The average Bonchev–Trinajstić information content (AvgIpc) is 3.05. The molecule has 24 heavy (non-hydrogen) atoms. The molecule has 0 spiro atoms. The number of thiophene rings is 1. The zero-order valence-corrected chi connectivity index (χ0v) is 14.6. The monoisotopic (exact) mass is 363 g/mol. The number of carbonyl (C=O) groups excluding carboxylic acids is 1. The standard InChI is InChI=1S/C16H17N3O3S2/c1-2-7-19(12-13-5-4-10-23-13)16(20)14-6-3-8-18-9-11-24(21,22)17-15(14)18/h2-6,8,10H,1,7,9,11-12H2. The van der Waals surface area contributed by atoms with E-state index in [-0.39, 0.29) is 17.5 Å². The number of carbonyl (C=O) groups is 1. The second-order valence-corrected chi connectivity index (χ2v) is 8.16. The van der Waals surface area contributed by atoms with Gasteiger partial charge in [0.2, 0.25) is 0 Å². The van der Waals surface area contributed by atoms with Gasteiger partial charge in [0.05, 0.1) is 17.9 Å². The Hall–Kier alpha value is -2.19. The lowest BCUT2D eigenvalue weighted by Crippen LogP contribution is -2.43. The van der Waals surface area contributed by atoms with Crippen LogP contribution in [0.3, 0.4) is 0 Å². The van der Waals surface area contributed by atoms with Gasteiger partial charge in [-0.25, -0.2) is 8.42 Å². The molecule has 2 aliphatic heterocycles. The molecule has 3 heterocycles. The number of fused-ring (bicyclic) bond motifs is 1. The number of allylic oxidation sites excluding steroid dienone is 2. The Kier molecular flexibility index (Phi) is 4.68. The molecule has 126 valence electrons. The molecule has 0 fully saturated rings. The molecule has 2 aliphatic rings. The van der Waals surface area contributed by atoms with Crippen molar-refractivity contribution in [3.05, 3.63) is 59.0 Å². The first-order valence-electron chi connectivity index (χ1n) is 7.41. The van der Waals surface area contributed by atoms with Gasteiger partial charge < -0.3 is 9.80 Å². The molecule has 1 aromatic rings. The second kappa shape index (κ2) is 6.74. The van der Waals surface area contributed by atoms with Crippen molar-refractivity contribution in [2.24, 2.45) is 4.40 Å². The summed E-state index contributed by atoms with van der Waals surface area (Å²) in [7, 11) is -3.52. The molecule has 0 bridgehead atoms. The van der Waals surface area contributed by atoms with E-state index in [1.54, 1.807) is 45.6 Å². The van der Waals surface area contributed by atoms with E-state index in [4.69, 9.17) is 0 Å². The SMILES string of the molecule is C=CCN(Cc1cccs1)C(=O)C1=CC=CN2CCS(=O)(=O)N=C12. The maximum Gasteiger partial charge on any atom is 0.258 e. The lowest BCUT2D eigenvalue weighted by atomic mass is 10.1. The van der Waals surface area contributed by atoms with Crippen molar-refractivity contribution < 1.29 is 13.2 Å². The minimum absolute atomic E-state index is 0.0477. The van der Waals surface area contributed by atoms with Crippen molar-refractivity contribution in [1.82, 2.24) is 9.80 Å². The first-order valence-corrected chi connectivity index (χ1v) is 9.90. The summed E-state index contributed by atoms with van der Waals surface area (Å²) in [5, 5.41) is 1.95. The fraction of sp³-hybridized carbons (Fsp3) is 0.250. The first-order chi connectivity index (χ1) is 11.5. The predicted octanol–water partition coefficient (Wildman–Crippen LogP) is 1.76. The van der Waals surface area contributed by atoms with Gasteiger partial charge in [-0.2, -0.15) is 0 Å². The van der Waals surface area contributed by atoms with E-state index in [1.807, 2.05) is 17.5 Å². The van der Waals surface area contributed by atoms with Crippen molar-refractivity contribution >= 4 is 33.1 Å². The summed E-state index contributed by atoms with van der Waals surface area (Å²) < 4.78 is 27.4. The highest BCUT2D eigenvalue weighted by Gasteiger charge is 2.31. The molecule has 0 saturated carbocycles. The van der Waals surface area contributed by atoms with Crippen molar-refractivity contribution in [2.75, 3.05) is 18.8 Å². The van der Waals surface area contributed by atoms with Gasteiger partial charge in [0.25, 0.3) is 15.9 Å². The number of amides is 1. The molecular formula is C16H17N3O3S2. The molecule has 8 heteroatoms. The molecule has 6 nitrogen and oxygen atoms in total. The van der Waals surface area contributed by atoms with Crippen LogP contribution in [-0.2, 0) is 21.4 Å². The van der Waals surface area contributed by atoms with Crippen LogP contribution in [0.4, 0.5) is 0 Å². The van der Waals surface area contributed by atoms with Crippen LogP contribution in [0.5, 0.6) is 0 Å². The Balaban J connectivity index is 1.91. The Labute approximate surface area is 145 Å². The van der Waals surface area contributed by atoms with Gasteiger partial charge in [0, 0.05) is 24.2 Å². The Morgan fingerprint density at radius 1 is 1.50 bits per heavy atom. The Morgan fingerprint density at radius 3 is 3.04 bits per heavy atom. The number of amidine groups is 1. The van der Waals surface area contributed by atoms with Crippen molar-refractivity contribution in [2.45, 2.75) is 6.54 Å². The average molecular weight is 363 g/mol. The van der Waals surface area contributed by atoms with Gasteiger partial charge >= 0.3 is 0 Å². The van der Waals surface area contributed by atoms with Crippen molar-refractivity contribution in [1.29, 1.82) is 0 Å². The highest BCUT2D eigenvalue weighted by Crippen LogP contribution is 2.21. The zero-order chi connectivity index (χ0) is 17.2. The topological polar surface area (TPSA) is 70.1 Å². The third-order valence-corrected chi connectivity index (χ3v) is 5.66. The lowest BCUT2D eigenvalue weighted by Gasteiger charge is -2.31. The number of hydrogen-bond donors (Lipinski definition) is 0. The zero-order valence-electron chi connectivity index (χ0n) is 13.0. The summed E-state index contributed by atoms with van der Waals surface area (Å²) in [6.45, 7) is 4.82. The molecule has 1 amide bonds. The maximum atomic E-state index is 13.0. The van der Waals surface area contributed by atoms with Gasteiger partial charge in [0.15, 0.2) is 5.84 Å². The summed E-state index contributed by atoms with van der Waals surface area (Å²) in [4.78, 5) is 17.3.